The molecule has 118 valence electrons. The van der Waals surface area contributed by atoms with Gasteiger partial charge in [-0.15, -0.1) is 0 Å². The number of rotatable bonds is 5. The summed E-state index contributed by atoms with van der Waals surface area (Å²) in [7, 11) is 3.24. The van der Waals surface area contributed by atoms with E-state index in [9.17, 15) is 0 Å². The van der Waals surface area contributed by atoms with Crippen LogP contribution in [-0.4, -0.2) is 43.9 Å². The van der Waals surface area contributed by atoms with Gasteiger partial charge in [-0.25, -0.2) is 0 Å². The second kappa shape index (κ2) is 6.12. The van der Waals surface area contributed by atoms with Gasteiger partial charge >= 0.3 is 0 Å². The molecule has 2 rings (SSSR count). The van der Waals surface area contributed by atoms with Crippen molar-refractivity contribution in [2.45, 2.75) is 39.0 Å². The normalized spacial score (nSPS) is 16.6. The number of hydrogen-bond acceptors (Lipinski definition) is 5. The molecule has 5 nitrogen and oxygen atoms in total. The van der Waals surface area contributed by atoms with Gasteiger partial charge in [-0.05, 0) is 26.8 Å². The van der Waals surface area contributed by atoms with Gasteiger partial charge in [0.2, 0.25) is 0 Å². The molecule has 1 fully saturated rings. The predicted octanol–water partition coefficient (Wildman–Crippen LogP) is 2.29. The van der Waals surface area contributed by atoms with E-state index in [0.29, 0.717) is 23.3 Å². The van der Waals surface area contributed by atoms with Crippen molar-refractivity contribution in [3.05, 3.63) is 17.7 Å². The molecule has 0 unspecified atom stereocenters. The summed E-state index contributed by atoms with van der Waals surface area (Å²) >= 11 is 0. The Bertz CT molecular complexity index is 491. The number of likely N-dealkylation sites (tertiary alicyclic amines) is 1. The molecule has 0 radical (unpaired) electrons. The Labute approximate surface area is 127 Å². The van der Waals surface area contributed by atoms with Gasteiger partial charge in [0.1, 0.15) is 17.2 Å². The third kappa shape index (κ3) is 3.80. The molecular formula is C16H26N2O3. The molecule has 0 saturated carbocycles. The fourth-order valence-electron chi connectivity index (χ4n) is 2.64. The first kappa shape index (κ1) is 15.9. The van der Waals surface area contributed by atoms with Crippen molar-refractivity contribution in [1.29, 1.82) is 0 Å². The van der Waals surface area contributed by atoms with Gasteiger partial charge in [0, 0.05) is 25.2 Å². The number of benzene rings is 1. The minimum Gasteiger partial charge on any atom is -0.494 e. The van der Waals surface area contributed by atoms with E-state index in [4.69, 9.17) is 19.9 Å². The summed E-state index contributed by atoms with van der Waals surface area (Å²) < 4.78 is 16.6. The van der Waals surface area contributed by atoms with Crippen molar-refractivity contribution in [2.75, 3.05) is 33.0 Å². The maximum atomic E-state index is 6.06. The SMILES string of the molecule is COc1ccc(CN2CC(OC(C)(C)C)C2)c(OC)c1N. The molecule has 0 aromatic heterocycles. The molecule has 1 aromatic carbocycles. The van der Waals surface area contributed by atoms with Crippen LogP contribution in [0.25, 0.3) is 0 Å². The van der Waals surface area contributed by atoms with Crippen molar-refractivity contribution in [3.8, 4) is 11.5 Å². The van der Waals surface area contributed by atoms with Crippen LogP contribution in [0.3, 0.4) is 0 Å². The molecule has 1 aliphatic heterocycles. The summed E-state index contributed by atoms with van der Waals surface area (Å²) in [5.41, 5.74) is 7.60. The molecule has 0 bridgehead atoms. The van der Waals surface area contributed by atoms with Crippen LogP contribution in [0.2, 0.25) is 0 Å². The lowest BCUT2D eigenvalue weighted by Gasteiger charge is -2.42. The van der Waals surface area contributed by atoms with E-state index >= 15 is 0 Å². The highest BCUT2D eigenvalue weighted by Gasteiger charge is 2.31. The maximum Gasteiger partial charge on any atom is 0.150 e. The Morgan fingerprint density at radius 3 is 2.38 bits per heavy atom. The molecular weight excluding hydrogens is 268 g/mol. The van der Waals surface area contributed by atoms with Crippen LogP contribution >= 0.6 is 0 Å². The van der Waals surface area contributed by atoms with Gasteiger partial charge in [0.05, 0.1) is 25.9 Å². The second-order valence-corrected chi connectivity index (χ2v) is 6.42. The standard InChI is InChI=1S/C16H26N2O3/c1-16(2,3)21-12-9-18(10-12)8-11-6-7-13(19-4)14(17)15(11)20-5/h6-7,12H,8-10,17H2,1-5H3. The summed E-state index contributed by atoms with van der Waals surface area (Å²) in [6.45, 7) is 8.94. The Balaban J connectivity index is 1.98. The third-order valence-electron chi connectivity index (χ3n) is 3.50. The fourth-order valence-corrected chi connectivity index (χ4v) is 2.64. The van der Waals surface area contributed by atoms with Gasteiger partial charge in [0.25, 0.3) is 0 Å². The van der Waals surface area contributed by atoms with Crippen LogP contribution in [0.5, 0.6) is 11.5 Å². The van der Waals surface area contributed by atoms with Crippen molar-refractivity contribution >= 4 is 5.69 Å². The van der Waals surface area contributed by atoms with Gasteiger partial charge in [0.15, 0.2) is 0 Å². The van der Waals surface area contributed by atoms with E-state index in [2.05, 4.69) is 25.7 Å². The molecule has 0 aliphatic carbocycles. The minimum absolute atomic E-state index is 0.0843. The molecule has 0 atom stereocenters. The van der Waals surface area contributed by atoms with E-state index < -0.39 is 0 Å². The van der Waals surface area contributed by atoms with Crippen LogP contribution < -0.4 is 15.2 Å². The zero-order chi connectivity index (χ0) is 15.6. The largest absolute Gasteiger partial charge is 0.494 e. The molecule has 5 heteroatoms. The lowest BCUT2D eigenvalue weighted by Crippen LogP contribution is -2.53. The van der Waals surface area contributed by atoms with Crippen LogP contribution in [0.4, 0.5) is 5.69 Å². The third-order valence-corrected chi connectivity index (χ3v) is 3.50. The van der Waals surface area contributed by atoms with Crippen molar-refractivity contribution < 1.29 is 14.2 Å². The lowest BCUT2D eigenvalue weighted by molar-refractivity contribution is -0.126. The highest BCUT2D eigenvalue weighted by molar-refractivity contribution is 5.65. The number of ether oxygens (including phenoxy) is 3. The second-order valence-electron chi connectivity index (χ2n) is 6.42. The fraction of sp³-hybridized carbons (Fsp3) is 0.625. The highest BCUT2D eigenvalue weighted by Crippen LogP contribution is 2.36. The first-order valence-electron chi connectivity index (χ1n) is 7.23. The lowest BCUT2D eigenvalue weighted by atomic mass is 10.1. The predicted molar refractivity (Wildman–Crippen MR) is 83.9 cm³/mol. The number of nitrogens with zero attached hydrogens (tertiary/aromatic N) is 1. The summed E-state index contributed by atoms with van der Waals surface area (Å²) in [4.78, 5) is 2.32. The van der Waals surface area contributed by atoms with Gasteiger partial charge in [-0.3, -0.25) is 4.90 Å². The van der Waals surface area contributed by atoms with Crippen LogP contribution in [0.15, 0.2) is 12.1 Å². The Kier molecular flexibility index (Phi) is 4.64. The quantitative estimate of drug-likeness (QED) is 0.844. The zero-order valence-electron chi connectivity index (χ0n) is 13.6. The van der Waals surface area contributed by atoms with Crippen molar-refractivity contribution in [2.24, 2.45) is 0 Å². The summed E-state index contributed by atoms with van der Waals surface area (Å²) in [5, 5.41) is 0. The van der Waals surface area contributed by atoms with Gasteiger partial charge in [-0.1, -0.05) is 6.07 Å². The topological polar surface area (TPSA) is 57.0 Å². The number of nitrogen functional groups attached to an aromatic ring is 1. The molecule has 2 N–H and O–H groups in total. The molecule has 0 spiro atoms. The summed E-state index contributed by atoms with van der Waals surface area (Å²) in [5.74, 6) is 1.35. The number of anilines is 1. The first-order valence-corrected chi connectivity index (χ1v) is 7.23. The first-order chi connectivity index (χ1) is 9.84. The van der Waals surface area contributed by atoms with E-state index in [-0.39, 0.29) is 5.60 Å². The minimum atomic E-state index is -0.0843. The van der Waals surface area contributed by atoms with Crippen LogP contribution in [-0.2, 0) is 11.3 Å². The van der Waals surface area contributed by atoms with E-state index in [1.54, 1.807) is 14.2 Å². The molecule has 1 heterocycles. The summed E-state index contributed by atoms with van der Waals surface area (Å²) in [6, 6.07) is 3.89. The smallest absolute Gasteiger partial charge is 0.150 e. The Morgan fingerprint density at radius 2 is 1.86 bits per heavy atom. The van der Waals surface area contributed by atoms with E-state index in [1.165, 1.54) is 0 Å². The number of nitrogens with two attached hydrogens (primary N) is 1. The highest BCUT2D eigenvalue weighted by atomic mass is 16.5. The molecule has 0 amide bonds. The zero-order valence-corrected chi connectivity index (χ0v) is 13.6. The van der Waals surface area contributed by atoms with Crippen molar-refractivity contribution in [3.63, 3.8) is 0 Å². The van der Waals surface area contributed by atoms with Crippen LogP contribution in [0.1, 0.15) is 26.3 Å². The maximum absolute atomic E-state index is 6.06. The van der Waals surface area contributed by atoms with E-state index in [1.807, 2.05) is 12.1 Å². The number of hydrogen-bond donors (Lipinski definition) is 1. The van der Waals surface area contributed by atoms with Gasteiger partial charge < -0.3 is 19.9 Å². The average Bonchev–Trinajstić information content (AvgIpc) is 2.35. The monoisotopic (exact) mass is 294 g/mol. The van der Waals surface area contributed by atoms with Crippen LogP contribution in [0, 0.1) is 0 Å². The molecule has 1 saturated heterocycles. The molecule has 21 heavy (non-hydrogen) atoms. The molecule has 1 aromatic rings. The van der Waals surface area contributed by atoms with Crippen molar-refractivity contribution in [1.82, 2.24) is 4.90 Å². The summed E-state index contributed by atoms with van der Waals surface area (Å²) in [6.07, 6.45) is 0.312. The van der Waals surface area contributed by atoms with E-state index in [0.717, 1.165) is 25.2 Å². The number of methoxy groups -OCH3 is 2. The molecule has 1 aliphatic rings. The average molecular weight is 294 g/mol. The Hall–Kier alpha value is -1.46. The van der Waals surface area contributed by atoms with Gasteiger partial charge in [-0.2, -0.15) is 0 Å². The Morgan fingerprint density at radius 1 is 1.19 bits per heavy atom.